The van der Waals surface area contributed by atoms with E-state index in [2.05, 4.69) is 17.1 Å². The molecule has 0 atom stereocenters. The van der Waals surface area contributed by atoms with Crippen LogP contribution in [0.2, 0.25) is 0 Å². The van der Waals surface area contributed by atoms with Crippen LogP contribution < -0.4 is 4.74 Å². The molecule has 1 amide bonds. The maximum absolute atomic E-state index is 12.4. The lowest BCUT2D eigenvalue weighted by molar-refractivity contribution is -0.127. The van der Waals surface area contributed by atoms with Gasteiger partial charge in [0.2, 0.25) is 5.91 Å². The van der Waals surface area contributed by atoms with E-state index in [0.717, 1.165) is 73.6 Å². The zero-order valence-corrected chi connectivity index (χ0v) is 18.9. The maximum Gasteiger partial charge on any atom is 0.233 e. The van der Waals surface area contributed by atoms with Gasteiger partial charge < -0.3 is 9.64 Å². The normalized spacial score (nSPS) is 14.0. The molecule has 5 rings (SSSR count). The topological polar surface area (TPSA) is 77.0 Å². The van der Waals surface area contributed by atoms with Crippen LogP contribution >= 0.6 is 11.8 Å². The number of carbonyl (C=O) groups is 1. The zero-order chi connectivity index (χ0) is 21.9. The van der Waals surface area contributed by atoms with Crippen LogP contribution in [0.1, 0.15) is 32.6 Å². The van der Waals surface area contributed by atoms with Crippen molar-refractivity contribution in [2.75, 3.05) is 25.4 Å². The number of rotatable bonds is 8. The summed E-state index contributed by atoms with van der Waals surface area (Å²) in [5.41, 5.74) is 3.47. The van der Waals surface area contributed by atoms with Crippen molar-refractivity contribution in [2.24, 2.45) is 0 Å². The molecule has 4 aromatic rings. The zero-order valence-electron chi connectivity index (χ0n) is 18.1. The molecule has 1 fully saturated rings. The van der Waals surface area contributed by atoms with Gasteiger partial charge in [-0.1, -0.05) is 25.1 Å². The fourth-order valence-electron chi connectivity index (χ4n) is 3.87. The van der Waals surface area contributed by atoms with E-state index in [9.17, 15) is 4.79 Å². The smallest absolute Gasteiger partial charge is 0.233 e. The van der Waals surface area contributed by atoms with Crippen molar-refractivity contribution in [3.63, 3.8) is 0 Å². The summed E-state index contributed by atoms with van der Waals surface area (Å²) in [7, 11) is 0. The van der Waals surface area contributed by atoms with Gasteiger partial charge in [0, 0.05) is 31.0 Å². The molecule has 0 radical (unpaired) electrons. The van der Waals surface area contributed by atoms with Gasteiger partial charge in [0.1, 0.15) is 11.3 Å². The summed E-state index contributed by atoms with van der Waals surface area (Å²) in [6.45, 7) is 4.62. The van der Waals surface area contributed by atoms with Crippen LogP contribution in [0.25, 0.3) is 22.4 Å². The monoisotopic (exact) mass is 450 g/mol. The van der Waals surface area contributed by atoms with Gasteiger partial charge in [-0.25, -0.2) is 4.52 Å². The van der Waals surface area contributed by atoms with Crippen molar-refractivity contribution in [3.05, 3.63) is 42.7 Å². The Bertz CT molecular complexity index is 1230. The van der Waals surface area contributed by atoms with Crippen molar-refractivity contribution in [1.29, 1.82) is 0 Å². The molecule has 1 saturated heterocycles. The summed E-state index contributed by atoms with van der Waals surface area (Å²) >= 11 is 1.43. The highest BCUT2D eigenvalue weighted by Gasteiger charge is 2.19. The summed E-state index contributed by atoms with van der Waals surface area (Å²) in [6.07, 6.45) is 8.15. The van der Waals surface area contributed by atoms with Crippen molar-refractivity contribution in [1.82, 2.24) is 29.1 Å². The standard InChI is InChI=1S/C23H26N6O2S/c1-2-3-14-31-18-8-6-17(7-9-18)19-15-20-22-24-25-23(28(22)12-13-29(20)26-19)32-16-21(30)27-10-4-5-11-27/h6-9,12-13,15H,2-5,10-11,14,16H2,1H3. The number of unbranched alkanes of at least 4 members (excludes halogenated alkanes) is 1. The number of hydrogen-bond donors (Lipinski definition) is 0. The molecule has 32 heavy (non-hydrogen) atoms. The first kappa shape index (κ1) is 20.8. The van der Waals surface area contributed by atoms with Gasteiger partial charge in [-0.15, -0.1) is 10.2 Å². The number of ether oxygens (including phenoxy) is 1. The van der Waals surface area contributed by atoms with Crippen LogP contribution in [-0.2, 0) is 4.79 Å². The van der Waals surface area contributed by atoms with E-state index in [1.54, 1.807) is 0 Å². The highest BCUT2D eigenvalue weighted by Crippen LogP contribution is 2.26. The average Bonchev–Trinajstić information content (AvgIpc) is 3.57. The van der Waals surface area contributed by atoms with Crippen molar-refractivity contribution in [2.45, 2.75) is 37.8 Å². The second-order valence-corrected chi connectivity index (χ2v) is 8.88. The lowest BCUT2D eigenvalue weighted by Crippen LogP contribution is -2.29. The van der Waals surface area contributed by atoms with Gasteiger partial charge >= 0.3 is 0 Å². The average molecular weight is 451 g/mol. The van der Waals surface area contributed by atoms with Crippen molar-refractivity contribution < 1.29 is 9.53 Å². The Morgan fingerprint density at radius 1 is 1.12 bits per heavy atom. The fourth-order valence-corrected chi connectivity index (χ4v) is 4.69. The summed E-state index contributed by atoms with van der Waals surface area (Å²) in [6, 6.07) is 10.0. The van der Waals surface area contributed by atoms with E-state index in [4.69, 9.17) is 9.84 Å². The highest BCUT2D eigenvalue weighted by atomic mass is 32.2. The third kappa shape index (κ3) is 4.17. The lowest BCUT2D eigenvalue weighted by Gasteiger charge is -2.14. The third-order valence-corrected chi connectivity index (χ3v) is 6.61. The predicted octanol–water partition coefficient (Wildman–Crippen LogP) is 3.94. The quantitative estimate of drug-likeness (QED) is 0.299. The molecular weight excluding hydrogens is 424 g/mol. The summed E-state index contributed by atoms with van der Waals surface area (Å²) in [5.74, 6) is 1.42. The molecule has 1 aromatic carbocycles. The molecule has 0 saturated carbocycles. The number of nitrogens with zero attached hydrogens (tertiary/aromatic N) is 6. The molecule has 3 aromatic heterocycles. The van der Waals surface area contributed by atoms with Crippen LogP contribution in [0, 0.1) is 0 Å². The van der Waals surface area contributed by atoms with Crippen molar-refractivity contribution in [3.8, 4) is 17.0 Å². The molecule has 4 heterocycles. The van der Waals surface area contributed by atoms with E-state index in [-0.39, 0.29) is 5.91 Å². The lowest BCUT2D eigenvalue weighted by atomic mass is 10.1. The first-order valence-electron chi connectivity index (χ1n) is 11.1. The molecule has 8 nitrogen and oxygen atoms in total. The fraction of sp³-hybridized carbons (Fsp3) is 0.391. The number of aromatic nitrogens is 5. The number of carbonyl (C=O) groups excluding carboxylic acids is 1. The Kier molecular flexibility index (Phi) is 5.98. The Labute approximate surface area is 190 Å². The molecule has 0 spiro atoms. The molecule has 166 valence electrons. The predicted molar refractivity (Wildman–Crippen MR) is 124 cm³/mol. The van der Waals surface area contributed by atoms with E-state index in [1.165, 1.54) is 11.8 Å². The molecule has 9 heteroatoms. The minimum atomic E-state index is 0.166. The van der Waals surface area contributed by atoms with Gasteiger partial charge in [0.15, 0.2) is 10.8 Å². The first-order chi connectivity index (χ1) is 15.7. The van der Waals surface area contributed by atoms with Crippen LogP contribution in [0.15, 0.2) is 47.9 Å². The second kappa shape index (κ2) is 9.20. The van der Waals surface area contributed by atoms with E-state index in [0.29, 0.717) is 10.9 Å². The van der Waals surface area contributed by atoms with Crippen LogP contribution in [0.3, 0.4) is 0 Å². The van der Waals surface area contributed by atoms with Gasteiger partial charge in [0.25, 0.3) is 0 Å². The van der Waals surface area contributed by atoms with E-state index < -0.39 is 0 Å². The summed E-state index contributed by atoms with van der Waals surface area (Å²) in [4.78, 5) is 14.3. The number of fused-ring (bicyclic) bond motifs is 3. The Morgan fingerprint density at radius 2 is 1.94 bits per heavy atom. The highest BCUT2D eigenvalue weighted by molar-refractivity contribution is 7.99. The van der Waals surface area contributed by atoms with Gasteiger partial charge in [-0.3, -0.25) is 9.20 Å². The Hall–Kier alpha value is -3.07. The molecular formula is C23H26N6O2S. The number of benzene rings is 1. The molecule has 0 aliphatic carbocycles. The molecule has 0 bridgehead atoms. The van der Waals surface area contributed by atoms with E-state index in [1.807, 2.05) is 56.5 Å². The molecule has 1 aliphatic rings. The minimum absolute atomic E-state index is 0.166. The van der Waals surface area contributed by atoms with Gasteiger partial charge in [-0.2, -0.15) is 5.10 Å². The van der Waals surface area contributed by atoms with Gasteiger partial charge in [-0.05, 0) is 49.6 Å². The largest absolute Gasteiger partial charge is 0.494 e. The number of hydrogen-bond acceptors (Lipinski definition) is 6. The molecule has 0 unspecified atom stereocenters. The van der Waals surface area contributed by atoms with Crippen molar-refractivity contribution >= 4 is 28.8 Å². The first-order valence-corrected chi connectivity index (χ1v) is 12.1. The number of amides is 1. The second-order valence-electron chi connectivity index (χ2n) is 7.94. The SMILES string of the molecule is CCCCOc1ccc(-c2cc3c4nnc(SCC(=O)N5CCCC5)n4ccn3n2)cc1. The number of thioether (sulfide) groups is 1. The van der Waals surface area contributed by atoms with Crippen LogP contribution in [-0.4, -0.2) is 60.5 Å². The summed E-state index contributed by atoms with van der Waals surface area (Å²) < 4.78 is 9.49. The number of likely N-dealkylation sites (tertiary alicyclic amines) is 1. The van der Waals surface area contributed by atoms with E-state index >= 15 is 0 Å². The Morgan fingerprint density at radius 3 is 2.72 bits per heavy atom. The van der Waals surface area contributed by atoms with Crippen LogP contribution in [0.5, 0.6) is 5.75 Å². The van der Waals surface area contributed by atoms with Gasteiger partial charge in [0.05, 0.1) is 18.1 Å². The summed E-state index contributed by atoms with van der Waals surface area (Å²) in [5, 5.41) is 14.1. The maximum atomic E-state index is 12.4. The third-order valence-electron chi connectivity index (χ3n) is 5.69. The molecule has 1 aliphatic heterocycles. The minimum Gasteiger partial charge on any atom is -0.494 e. The Balaban J connectivity index is 1.35. The molecule has 0 N–H and O–H groups in total. The van der Waals surface area contributed by atoms with Crippen LogP contribution in [0.4, 0.5) is 0 Å².